The van der Waals surface area contributed by atoms with Gasteiger partial charge in [0.05, 0.1) is 15.3 Å². The molecule has 1 fully saturated rings. The number of nitrogens with one attached hydrogen (secondary N) is 1. The molecule has 2 heterocycles. The van der Waals surface area contributed by atoms with Crippen LogP contribution in [0.25, 0.3) is 0 Å². The Bertz CT molecular complexity index is 512. The lowest BCUT2D eigenvalue weighted by atomic mass is 10.0. The minimum Gasteiger partial charge on any atom is -0.313 e. The number of hydrogen-bond acceptors (Lipinski definition) is 4. The van der Waals surface area contributed by atoms with Crippen LogP contribution < -0.4 is 5.32 Å². The Morgan fingerprint density at radius 3 is 2.84 bits per heavy atom. The molecule has 108 valence electrons. The lowest BCUT2D eigenvalue weighted by Gasteiger charge is -2.30. The van der Waals surface area contributed by atoms with E-state index < -0.39 is 9.84 Å². The maximum Gasteiger partial charge on any atom is 0.154 e. The molecule has 1 saturated heterocycles. The van der Waals surface area contributed by atoms with Crippen LogP contribution >= 0.6 is 22.9 Å². The number of hydrogen-bond donors (Lipinski definition) is 1. The number of rotatable bonds is 5. The number of halogens is 1. The highest BCUT2D eigenvalue weighted by Crippen LogP contribution is 2.27. The van der Waals surface area contributed by atoms with Crippen molar-refractivity contribution in [1.82, 2.24) is 5.32 Å². The highest BCUT2D eigenvalue weighted by molar-refractivity contribution is 7.92. The average Bonchev–Trinajstić information content (AvgIpc) is 2.74. The third-order valence-corrected chi connectivity index (χ3v) is 7.19. The second-order valence-electron chi connectivity index (χ2n) is 4.98. The molecule has 1 aliphatic heterocycles. The van der Waals surface area contributed by atoms with E-state index in [0.717, 1.165) is 41.4 Å². The van der Waals surface area contributed by atoms with Crippen molar-refractivity contribution in [3.05, 3.63) is 21.3 Å². The van der Waals surface area contributed by atoms with Crippen molar-refractivity contribution >= 4 is 32.8 Å². The van der Waals surface area contributed by atoms with Gasteiger partial charge in [-0.15, -0.1) is 11.3 Å². The highest BCUT2D eigenvalue weighted by atomic mass is 35.5. The standard InChI is InChI=1S/C13H20ClNO2S2/c1-2-15-11(9-10-6-7-13(14)18-10)12-5-3-4-8-19(12,16)17/h6-7,11-12,15H,2-5,8-9H2,1H3. The first-order valence-corrected chi connectivity index (χ1v) is 9.63. The number of likely N-dealkylation sites (N-methyl/N-ethyl adjacent to an activating group) is 1. The van der Waals surface area contributed by atoms with Gasteiger partial charge in [0.2, 0.25) is 0 Å². The highest BCUT2D eigenvalue weighted by Gasteiger charge is 2.35. The fraction of sp³-hybridized carbons (Fsp3) is 0.692. The molecule has 0 radical (unpaired) electrons. The van der Waals surface area contributed by atoms with E-state index in [1.165, 1.54) is 11.3 Å². The van der Waals surface area contributed by atoms with Crippen molar-refractivity contribution in [2.24, 2.45) is 0 Å². The van der Waals surface area contributed by atoms with E-state index in [1.807, 2.05) is 19.1 Å². The van der Waals surface area contributed by atoms with E-state index in [0.29, 0.717) is 5.75 Å². The van der Waals surface area contributed by atoms with Crippen LogP contribution in [0.3, 0.4) is 0 Å². The third-order valence-electron chi connectivity index (χ3n) is 3.59. The summed E-state index contributed by atoms with van der Waals surface area (Å²) < 4.78 is 25.2. The molecule has 1 aromatic rings. The molecule has 1 N–H and O–H groups in total. The normalized spacial score (nSPS) is 24.2. The van der Waals surface area contributed by atoms with Crippen LogP contribution in [0.2, 0.25) is 4.34 Å². The average molecular weight is 322 g/mol. The number of thiophene rings is 1. The summed E-state index contributed by atoms with van der Waals surface area (Å²) in [6.07, 6.45) is 3.34. The van der Waals surface area contributed by atoms with Crippen LogP contribution in [0.15, 0.2) is 12.1 Å². The van der Waals surface area contributed by atoms with Gasteiger partial charge in [-0.2, -0.15) is 0 Å². The van der Waals surface area contributed by atoms with E-state index in [2.05, 4.69) is 5.32 Å². The molecule has 0 aromatic carbocycles. The topological polar surface area (TPSA) is 46.2 Å². The van der Waals surface area contributed by atoms with Gasteiger partial charge in [-0.25, -0.2) is 8.42 Å². The first-order chi connectivity index (χ1) is 9.03. The molecular formula is C13H20ClNO2S2. The minimum atomic E-state index is -2.95. The van der Waals surface area contributed by atoms with Gasteiger partial charge >= 0.3 is 0 Å². The minimum absolute atomic E-state index is 0.00465. The van der Waals surface area contributed by atoms with Gasteiger partial charge in [0.1, 0.15) is 0 Å². The zero-order valence-electron chi connectivity index (χ0n) is 11.1. The molecule has 3 nitrogen and oxygen atoms in total. The SMILES string of the molecule is CCNC(Cc1ccc(Cl)s1)C1CCCCS1(=O)=O. The van der Waals surface area contributed by atoms with E-state index in [4.69, 9.17) is 11.6 Å². The van der Waals surface area contributed by atoms with Gasteiger partial charge in [-0.05, 0) is 37.9 Å². The molecule has 2 atom stereocenters. The monoisotopic (exact) mass is 321 g/mol. The van der Waals surface area contributed by atoms with Gasteiger partial charge in [0, 0.05) is 10.9 Å². The summed E-state index contributed by atoms with van der Waals surface area (Å²) in [5.41, 5.74) is 0. The Morgan fingerprint density at radius 2 is 2.26 bits per heavy atom. The Morgan fingerprint density at radius 1 is 1.47 bits per heavy atom. The largest absolute Gasteiger partial charge is 0.313 e. The van der Waals surface area contributed by atoms with E-state index >= 15 is 0 Å². The summed E-state index contributed by atoms with van der Waals surface area (Å²) in [5.74, 6) is 0.338. The summed E-state index contributed by atoms with van der Waals surface area (Å²) in [6, 6.07) is 3.87. The van der Waals surface area contributed by atoms with Crippen LogP contribution in [-0.2, 0) is 16.3 Å². The lowest BCUT2D eigenvalue weighted by molar-refractivity contribution is 0.442. The van der Waals surface area contributed by atoms with Crippen LogP contribution in [0, 0.1) is 0 Å². The van der Waals surface area contributed by atoms with Crippen molar-refractivity contribution < 1.29 is 8.42 Å². The van der Waals surface area contributed by atoms with Gasteiger partial charge < -0.3 is 5.32 Å². The molecule has 1 aromatic heterocycles. The van der Waals surface area contributed by atoms with Crippen molar-refractivity contribution in [3.8, 4) is 0 Å². The summed E-state index contributed by atoms with van der Waals surface area (Å²) >= 11 is 7.48. The molecule has 1 aliphatic rings. The lowest BCUT2D eigenvalue weighted by Crippen LogP contribution is -2.47. The molecule has 0 spiro atoms. The van der Waals surface area contributed by atoms with Crippen molar-refractivity contribution in [3.63, 3.8) is 0 Å². The number of sulfone groups is 1. The molecule has 0 bridgehead atoms. The second kappa shape index (κ2) is 6.57. The van der Waals surface area contributed by atoms with Gasteiger partial charge in [-0.1, -0.05) is 24.9 Å². The summed E-state index contributed by atoms with van der Waals surface area (Å²) in [6.45, 7) is 2.81. The molecule has 0 saturated carbocycles. The van der Waals surface area contributed by atoms with E-state index in [-0.39, 0.29) is 11.3 Å². The second-order valence-corrected chi connectivity index (χ2v) is 9.11. The van der Waals surface area contributed by atoms with Crippen LogP contribution in [0.4, 0.5) is 0 Å². The molecule has 0 aliphatic carbocycles. The Labute approximate surface area is 124 Å². The zero-order chi connectivity index (χ0) is 13.9. The van der Waals surface area contributed by atoms with Gasteiger partial charge in [0.15, 0.2) is 9.84 Å². The first kappa shape index (κ1) is 15.3. The third kappa shape index (κ3) is 3.94. The van der Waals surface area contributed by atoms with Gasteiger partial charge in [-0.3, -0.25) is 0 Å². The van der Waals surface area contributed by atoms with Crippen molar-refractivity contribution in [2.75, 3.05) is 12.3 Å². The zero-order valence-corrected chi connectivity index (χ0v) is 13.5. The van der Waals surface area contributed by atoms with E-state index in [9.17, 15) is 8.42 Å². The Kier molecular flexibility index (Phi) is 5.29. The summed E-state index contributed by atoms with van der Waals surface area (Å²) in [7, 11) is -2.95. The van der Waals surface area contributed by atoms with Crippen LogP contribution in [0.1, 0.15) is 31.1 Å². The molecule has 0 amide bonds. The fourth-order valence-electron chi connectivity index (χ4n) is 2.71. The maximum atomic E-state index is 12.2. The summed E-state index contributed by atoms with van der Waals surface area (Å²) in [5, 5.41) is 3.10. The Balaban J connectivity index is 2.14. The predicted octanol–water partition coefficient (Wildman–Crippen LogP) is 2.89. The summed E-state index contributed by atoms with van der Waals surface area (Å²) in [4.78, 5) is 1.15. The van der Waals surface area contributed by atoms with Gasteiger partial charge in [0.25, 0.3) is 0 Å². The Hall–Kier alpha value is -0.100. The van der Waals surface area contributed by atoms with Crippen molar-refractivity contribution in [1.29, 1.82) is 0 Å². The molecule has 2 unspecified atom stereocenters. The predicted molar refractivity (Wildman–Crippen MR) is 81.9 cm³/mol. The maximum absolute atomic E-state index is 12.2. The quantitative estimate of drug-likeness (QED) is 0.907. The molecular weight excluding hydrogens is 302 g/mol. The molecule has 2 rings (SSSR count). The van der Waals surface area contributed by atoms with Crippen LogP contribution in [0.5, 0.6) is 0 Å². The first-order valence-electron chi connectivity index (χ1n) is 6.72. The van der Waals surface area contributed by atoms with Crippen molar-refractivity contribution in [2.45, 2.75) is 43.9 Å². The van der Waals surface area contributed by atoms with Crippen LogP contribution in [-0.4, -0.2) is 32.0 Å². The molecule has 19 heavy (non-hydrogen) atoms. The molecule has 6 heteroatoms. The smallest absolute Gasteiger partial charge is 0.154 e. The fourth-order valence-corrected chi connectivity index (χ4v) is 5.98. The van der Waals surface area contributed by atoms with E-state index in [1.54, 1.807) is 0 Å².